The number of aromatic carboxylic acids is 1. The van der Waals surface area contributed by atoms with Crippen molar-refractivity contribution in [2.45, 2.75) is 32.1 Å². The summed E-state index contributed by atoms with van der Waals surface area (Å²) in [7, 11) is 0. The largest absolute Gasteiger partial charge is 0.489 e. The molecule has 1 fully saturated rings. The number of hydrogen-bond donors (Lipinski definition) is 1. The number of carboxylic acid groups (broad SMARTS) is 1. The van der Waals surface area contributed by atoms with Crippen LogP contribution >= 0.6 is 0 Å². The molecule has 1 aliphatic rings. The molecule has 0 radical (unpaired) electrons. The summed E-state index contributed by atoms with van der Waals surface area (Å²) in [5.41, 5.74) is 1.84. The second-order valence-corrected chi connectivity index (χ2v) is 6.37. The first-order chi connectivity index (χ1) is 12.7. The molecule has 3 aromatic rings. The molecule has 1 atom stereocenters. The lowest BCUT2D eigenvalue weighted by Gasteiger charge is -2.23. The van der Waals surface area contributed by atoms with Crippen molar-refractivity contribution in [2.24, 2.45) is 0 Å². The Labute approximate surface area is 151 Å². The summed E-state index contributed by atoms with van der Waals surface area (Å²) in [5.74, 6) is -0.363. The highest BCUT2D eigenvalue weighted by molar-refractivity contribution is 6.01. The quantitative estimate of drug-likeness (QED) is 0.751. The van der Waals surface area contributed by atoms with Crippen LogP contribution in [0.4, 0.5) is 0 Å². The molecule has 2 heterocycles. The molecule has 26 heavy (non-hydrogen) atoms. The van der Waals surface area contributed by atoms with Gasteiger partial charge in [-0.05, 0) is 37.0 Å². The van der Waals surface area contributed by atoms with Crippen LogP contribution in [0.25, 0.3) is 10.9 Å². The summed E-state index contributed by atoms with van der Waals surface area (Å²) in [5, 5.41) is 14.4. The van der Waals surface area contributed by atoms with E-state index in [1.165, 1.54) is 0 Å². The second-order valence-electron chi connectivity index (χ2n) is 6.37. The Morgan fingerprint density at radius 1 is 1.23 bits per heavy atom. The van der Waals surface area contributed by atoms with Gasteiger partial charge in [0.25, 0.3) is 0 Å². The number of rotatable bonds is 5. The predicted octanol–water partition coefficient (Wildman–Crippen LogP) is 4.01. The zero-order valence-electron chi connectivity index (χ0n) is 14.3. The molecule has 6 heteroatoms. The minimum absolute atomic E-state index is 0.0452. The minimum atomic E-state index is -1.04. The van der Waals surface area contributed by atoms with E-state index >= 15 is 0 Å². The fraction of sp³-hybridized carbons (Fsp3) is 0.300. The maximum Gasteiger partial charge on any atom is 0.357 e. The van der Waals surface area contributed by atoms with Crippen LogP contribution in [-0.2, 0) is 11.3 Å². The van der Waals surface area contributed by atoms with Crippen LogP contribution in [0.2, 0.25) is 0 Å². The molecule has 0 bridgehead atoms. The monoisotopic (exact) mass is 352 g/mol. The smallest absolute Gasteiger partial charge is 0.357 e. The van der Waals surface area contributed by atoms with E-state index in [2.05, 4.69) is 5.10 Å². The number of benzene rings is 2. The summed E-state index contributed by atoms with van der Waals surface area (Å²) in [6, 6.07) is 15.3. The van der Waals surface area contributed by atoms with E-state index in [9.17, 15) is 9.90 Å². The first-order valence-electron chi connectivity index (χ1n) is 8.76. The molecule has 1 saturated heterocycles. The Morgan fingerprint density at radius 2 is 2.08 bits per heavy atom. The number of carbonyl (C=O) groups is 1. The van der Waals surface area contributed by atoms with Gasteiger partial charge in [0, 0.05) is 18.1 Å². The molecule has 1 unspecified atom stereocenters. The maximum absolute atomic E-state index is 11.6. The van der Waals surface area contributed by atoms with Crippen LogP contribution in [0, 0.1) is 0 Å². The van der Waals surface area contributed by atoms with Gasteiger partial charge in [-0.2, -0.15) is 5.10 Å². The Bertz CT molecular complexity index is 914. The molecule has 0 aliphatic carbocycles. The summed E-state index contributed by atoms with van der Waals surface area (Å²) < 4.78 is 13.4. The zero-order chi connectivity index (χ0) is 17.9. The van der Waals surface area contributed by atoms with Gasteiger partial charge in [0.15, 0.2) is 11.9 Å². The van der Waals surface area contributed by atoms with Crippen LogP contribution in [0.1, 0.15) is 41.5 Å². The molecule has 1 N–H and O–H groups in total. The van der Waals surface area contributed by atoms with Crippen LogP contribution < -0.4 is 4.74 Å². The molecule has 2 aromatic carbocycles. The third-order valence-electron chi connectivity index (χ3n) is 4.56. The van der Waals surface area contributed by atoms with E-state index in [0.29, 0.717) is 24.3 Å². The van der Waals surface area contributed by atoms with Crippen LogP contribution in [0.15, 0.2) is 48.5 Å². The first-order valence-corrected chi connectivity index (χ1v) is 8.76. The fourth-order valence-electron chi connectivity index (χ4n) is 3.24. The number of fused-ring (bicyclic) bond motifs is 1. The molecular weight excluding hydrogens is 332 g/mol. The van der Waals surface area contributed by atoms with Crippen molar-refractivity contribution >= 4 is 16.9 Å². The van der Waals surface area contributed by atoms with E-state index in [0.717, 1.165) is 30.3 Å². The van der Waals surface area contributed by atoms with E-state index in [1.54, 1.807) is 16.8 Å². The average Bonchev–Trinajstić information content (AvgIpc) is 3.07. The summed E-state index contributed by atoms with van der Waals surface area (Å²) in [6.45, 7) is 1.12. The highest BCUT2D eigenvalue weighted by Gasteiger charge is 2.23. The van der Waals surface area contributed by atoms with Gasteiger partial charge in [0.05, 0.1) is 5.52 Å². The van der Waals surface area contributed by atoms with Crippen molar-refractivity contribution in [2.75, 3.05) is 6.61 Å². The lowest BCUT2D eigenvalue weighted by atomic mass is 10.1. The van der Waals surface area contributed by atoms with Crippen LogP contribution in [0.5, 0.6) is 5.75 Å². The minimum Gasteiger partial charge on any atom is -0.489 e. The molecule has 1 aliphatic heterocycles. The van der Waals surface area contributed by atoms with Gasteiger partial charge in [-0.1, -0.05) is 30.3 Å². The molecule has 134 valence electrons. The number of nitrogens with zero attached hydrogens (tertiary/aromatic N) is 2. The molecular formula is C20H20N2O4. The molecule has 0 amide bonds. The number of carboxylic acids is 1. The lowest BCUT2D eigenvalue weighted by Crippen LogP contribution is -2.19. The van der Waals surface area contributed by atoms with Crippen molar-refractivity contribution < 1.29 is 19.4 Å². The van der Waals surface area contributed by atoms with Gasteiger partial charge in [-0.25, -0.2) is 9.48 Å². The first kappa shape index (κ1) is 16.6. The summed E-state index contributed by atoms with van der Waals surface area (Å²) in [6.07, 6.45) is 2.65. The third-order valence-corrected chi connectivity index (χ3v) is 4.56. The van der Waals surface area contributed by atoms with E-state index in [4.69, 9.17) is 9.47 Å². The normalized spacial score (nSPS) is 17.3. The van der Waals surface area contributed by atoms with Gasteiger partial charge in [-0.3, -0.25) is 0 Å². The molecule has 4 rings (SSSR count). The van der Waals surface area contributed by atoms with Gasteiger partial charge >= 0.3 is 5.97 Å². The Hall–Kier alpha value is -2.86. The van der Waals surface area contributed by atoms with Crippen molar-refractivity contribution in [1.29, 1.82) is 0 Å². The van der Waals surface area contributed by atoms with Crippen molar-refractivity contribution in [3.05, 3.63) is 59.8 Å². The summed E-state index contributed by atoms with van der Waals surface area (Å²) >= 11 is 0. The zero-order valence-corrected chi connectivity index (χ0v) is 14.3. The maximum atomic E-state index is 11.6. The van der Waals surface area contributed by atoms with Gasteiger partial charge in [0.1, 0.15) is 12.4 Å². The fourth-order valence-corrected chi connectivity index (χ4v) is 3.24. The average molecular weight is 352 g/mol. The molecule has 0 saturated carbocycles. The SMILES string of the molecule is O=C(O)c1nn(C2CCCCO2)c2cc(OCc3ccccc3)ccc12. The Morgan fingerprint density at radius 3 is 2.81 bits per heavy atom. The number of ether oxygens (including phenoxy) is 2. The standard InChI is InChI=1S/C20H20N2O4/c23-20(24)19-16-10-9-15(26-13-14-6-2-1-3-7-14)12-17(16)22(21-19)18-8-4-5-11-25-18/h1-3,6-7,9-10,12,18H,4-5,8,11,13H2,(H,23,24). The van der Waals surface area contributed by atoms with E-state index in [1.807, 2.05) is 36.4 Å². The van der Waals surface area contributed by atoms with Crippen molar-refractivity contribution in [3.8, 4) is 5.75 Å². The topological polar surface area (TPSA) is 73.6 Å². The van der Waals surface area contributed by atoms with Crippen LogP contribution in [0.3, 0.4) is 0 Å². The van der Waals surface area contributed by atoms with Crippen molar-refractivity contribution in [1.82, 2.24) is 9.78 Å². The van der Waals surface area contributed by atoms with Crippen molar-refractivity contribution in [3.63, 3.8) is 0 Å². The highest BCUT2D eigenvalue weighted by atomic mass is 16.5. The van der Waals surface area contributed by atoms with Gasteiger partial charge in [0.2, 0.25) is 0 Å². The van der Waals surface area contributed by atoms with E-state index in [-0.39, 0.29) is 11.9 Å². The van der Waals surface area contributed by atoms with Crippen LogP contribution in [-0.4, -0.2) is 27.5 Å². The number of hydrogen-bond acceptors (Lipinski definition) is 4. The predicted molar refractivity (Wildman–Crippen MR) is 96.3 cm³/mol. The highest BCUT2D eigenvalue weighted by Crippen LogP contribution is 2.30. The summed E-state index contributed by atoms with van der Waals surface area (Å²) in [4.78, 5) is 11.6. The third kappa shape index (κ3) is 3.28. The Balaban J connectivity index is 1.67. The molecule has 1 aromatic heterocycles. The lowest BCUT2D eigenvalue weighted by molar-refractivity contribution is -0.0368. The second kappa shape index (κ2) is 7.17. The van der Waals surface area contributed by atoms with Gasteiger partial charge in [-0.15, -0.1) is 0 Å². The Kier molecular flexibility index (Phi) is 4.58. The van der Waals surface area contributed by atoms with E-state index < -0.39 is 5.97 Å². The number of aromatic nitrogens is 2. The van der Waals surface area contributed by atoms with Gasteiger partial charge < -0.3 is 14.6 Å². The molecule has 0 spiro atoms. The molecule has 6 nitrogen and oxygen atoms in total.